The van der Waals surface area contributed by atoms with E-state index in [0.717, 1.165) is 11.0 Å². The molecule has 0 radical (unpaired) electrons. The summed E-state index contributed by atoms with van der Waals surface area (Å²) in [6.07, 6.45) is 0. The summed E-state index contributed by atoms with van der Waals surface area (Å²) in [5.74, 6) is 1.37. The van der Waals surface area contributed by atoms with Crippen LogP contribution in [0.15, 0.2) is 42.5 Å². The number of ether oxygens (including phenoxy) is 2. The van der Waals surface area contributed by atoms with Gasteiger partial charge in [0.1, 0.15) is 30.5 Å². The number of aromatic nitrogens is 2. The Kier molecular flexibility index (Phi) is 4.85. The van der Waals surface area contributed by atoms with Gasteiger partial charge in [0.15, 0.2) is 0 Å². The Bertz CT molecular complexity index is 882. The number of benzene rings is 2. The predicted molar refractivity (Wildman–Crippen MR) is 93.8 cm³/mol. The lowest BCUT2D eigenvalue weighted by Gasteiger charge is -2.11. The van der Waals surface area contributed by atoms with Gasteiger partial charge in [-0.1, -0.05) is 12.1 Å². The average molecular weight is 341 g/mol. The van der Waals surface area contributed by atoms with E-state index in [1.165, 1.54) is 0 Å². The van der Waals surface area contributed by atoms with E-state index in [0.29, 0.717) is 23.0 Å². The van der Waals surface area contributed by atoms with Gasteiger partial charge < -0.3 is 24.5 Å². The number of nitrogens with zero attached hydrogens (tertiary/aromatic N) is 2. The van der Waals surface area contributed by atoms with Crippen LogP contribution in [0.25, 0.3) is 11.0 Å². The molecule has 25 heavy (non-hydrogen) atoms. The highest BCUT2D eigenvalue weighted by atomic mass is 16.5. The fourth-order valence-electron chi connectivity index (χ4n) is 2.65. The monoisotopic (exact) mass is 341 g/mol. The number of hydrogen-bond donors (Lipinski definition) is 2. The minimum absolute atomic E-state index is 0.0376. The normalized spacial score (nSPS) is 10.7. The molecular formula is C18H19N3O4. The number of carbonyl (C=O) groups excluding carboxylic acids is 1. The van der Waals surface area contributed by atoms with Crippen molar-refractivity contribution in [3.8, 4) is 11.5 Å². The third-order valence-corrected chi connectivity index (χ3v) is 3.81. The summed E-state index contributed by atoms with van der Waals surface area (Å²) in [7, 11) is 3.09. The molecule has 1 aromatic heterocycles. The number of amides is 1. The van der Waals surface area contributed by atoms with E-state index in [1.54, 1.807) is 37.0 Å². The molecular weight excluding hydrogens is 322 g/mol. The maximum Gasteiger partial charge on any atom is 0.244 e. The molecule has 0 unspecified atom stereocenters. The number of imidazole rings is 1. The van der Waals surface area contributed by atoms with Crippen LogP contribution in [0.3, 0.4) is 0 Å². The minimum Gasteiger partial charge on any atom is -0.497 e. The second-order valence-electron chi connectivity index (χ2n) is 5.41. The summed E-state index contributed by atoms with van der Waals surface area (Å²) in [6, 6.07) is 12.6. The van der Waals surface area contributed by atoms with Crippen LogP contribution in [0.1, 0.15) is 5.82 Å². The molecule has 0 fully saturated rings. The van der Waals surface area contributed by atoms with Crippen LogP contribution < -0.4 is 14.8 Å². The van der Waals surface area contributed by atoms with Crippen LogP contribution in [0, 0.1) is 0 Å². The van der Waals surface area contributed by atoms with Crippen molar-refractivity contribution in [2.24, 2.45) is 0 Å². The molecule has 3 rings (SSSR count). The zero-order valence-corrected chi connectivity index (χ0v) is 14.0. The molecule has 0 bridgehead atoms. The lowest BCUT2D eigenvalue weighted by molar-refractivity contribution is -0.116. The van der Waals surface area contributed by atoms with E-state index in [2.05, 4.69) is 10.3 Å². The summed E-state index contributed by atoms with van der Waals surface area (Å²) in [5, 5.41) is 12.3. The summed E-state index contributed by atoms with van der Waals surface area (Å²) >= 11 is 0. The lowest BCUT2D eigenvalue weighted by Crippen LogP contribution is -2.20. The van der Waals surface area contributed by atoms with Crippen molar-refractivity contribution in [3.05, 3.63) is 48.3 Å². The molecule has 7 heteroatoms. The largest absolute Gasteiger partial charge is 0.497 e. The Morgan fingerprint density at radius 2 is 1.84 bits per heavy atom. The quantitative estimate of drug-likeness (QED) is 0.718. The smallest absolute Gasteiger partial charge is 0.244 e. The zero-order chi connectivity index (χ0) is 17.8. The van der Waals surface area contributed by atoms with E-state index in [9.17, 15) is 9.90 Å². The summed E-state index contributed by atoms with van der Waals surface area (Å²) in [5.41, 5.74) is 2.10. The van der Waals surface area contributed by atoms with Gasteiger partial charge in [-0.15, -0.1) is 0 Å². The summed E-state index contributed by atoms with van der Waals surface area (Å²) in [4.78, 5) is 16.8. The van der Waals surface area contributed by atoms with E-state index >= 15 is 0 Å². The standard InChI is InChI=1S/C18H19N3O4/c1-24-13-7-12(8-14(9-13)25-2)19-18(23)10-21-16-6-4-3-5-15(16)20-17(21)11-22/h3-9,22H,10-11H2,1-2H3,(H,19,23). The van der Waals surface area contributed by atoms with Gasteiger partial charge in [-0.25, -0.2) is 4.98 Å². The number of fused-ring (bicyclic) bond motifs is 1. The summed E-state index contributed by atoms with van der Waals surface area (Å²) in [6.45, 7) is -0.203. The van der Waals surface area contributed by atoms with E-state index in [4.69, 9.17) is 9.47 Å². The van der Waals surface area contributed by atoms with Gasteiger partial charge in [0.2, 0.25) is 5.91 Å². The van der Waals surface area contributed by atoms with Crippen molar-refractivity contribution < 1.29 is 19.4 Å². The van der Waals surface area contributed by atoms with Gasteiger partial charge in [-0.3, -0.25) is 4.79 Å². The van der Waals surface area contributed by atoms with Crippen LogP contribution >= 0.6 is 0 Å². The van der Waals surface area contributed by atoms with E-state index in [-0.39, 0.29) is 19.1 Å². The molecule has 1 amide bonds. The Labute approximate surface area is 144 Å². The number of aliphatic hydroxyl groups excluding tert-OH is 1. The third-order valence-electron chi connectivity index (χ3n) is 3.81. The van der Waals surface area contributed by atoms with Crippen molar-refractivity contribution in [2.45, 2.75) is 13.2 Å². The molecule has 130 valence electrons. The van der Waals surface area contributed by atoms with Crippen molar-refractivity contribution in [1.29, 1.82) is 0 Å². The average Bonchev–Trinajstić information content (AvgIpc) is 2.99. The molecule has 0 atom stereocenters. The van der Waals surface area contributed by atoms with Crippen LogP contribution in [-0.4, -0.2) is 34.8 Å². The van der Waals surface area contributed by atoms with Crippen molar-refractivity contribution in [3.63, 3.8) is 0 Å². The second kappa shape index (κ2) is 7.23. The fraction of sp³-hybridized carbons (Fsp3) is 0.222. The molecule has 1 heterocycles. The molecule has 0 aliphatic heterocycles. The first-order valence-electron chi connectivity index (χ1n) is 7.72. The maximum absolute atomic E-state index is 12.5. The van der Waals surface area contributed by atoms with Gasteiger partial charge in [0.05, 0.1) is 25.3 Å². The van der Waals surface area contributed by atoms with Gasteiger partial charge in [-0.05, 0) is 12.1 Å². The number of aliphatic hydroxyl groups is 1. The minimum atomic E-state index is -0.242. The topological polar surface area (TPSA) is 85.6 Å². The third kappa shape index (κ3) is 3.56. The van der Waals surface area contributed by atoms with Crippen LogP contribution in [-0.2, 0) is 17.9 Å². The highest BCUT2D eigenvalue weighted by molar-refractivity contribution is 5.92. The molecule has 0 aliphatic rings. The zero-order valence-electron chi connectivity index (χ0n) is 14.0. The van der Waals surface area contributed by atoms with Gasteiger partial charge >= 0.3 is 0 Å². The van der Waals surface area contributed by atoms with Gasteiger partial charge in [-0.2, -0.15) is 0 Å². The number of para-hydroxylation sites is 2. The van der Waals surface area contributed by atoms with Gasteiger partial charge in [0.25, 0.3) is 0 Å². The molecule has 0 saturated carbocycles. The first-order valence-corrected chi connectivity index (χ1v) is 7.72. The molecule has 0 aliphatic carbocycles. The van der Waals surface area contributed by atoms with Crippen LogP contribution in [0.4, 0.5) is 5.69 Å². The molecule has 7 nitrogen and oxygen atoms in total. The molecule has 2 aromatic carbocycles. The van der Waals surface area contributed by atoms with E-state index < -0.39 is 0 Å². The number of anilines is 1. The number of methoxy groups -OCH3 is 2. The molecule has 0 spiro atoms. The van der Waals surface area contributed by atoms with Crippen molar-refractivity contribution >= 4 is 22.6 Å². The Hall–Kier alpha value is -3.06. The van der Waals surface area contributed by atoms with E-state index in [1.807, 2.05) is 24.3 Å². The number of hydrogen-bond acceptors (Lipinski definition) is 5. The first kappa shape index (κ1) is 16.8. The van der Waals surface area contributed by atoms with Crippen LogP contribution in [0.2, 0.25) is 0 Å². The lowest BCUT2D eigenvalue weighted by atomic mass is 10.2. The predicted octanol–water partition coefficient (Wildman–Crippen LogP) is 2.18. The molecule has 0 saturated heterocycles. The maximum atomic E-state index is 12.5. The van der Waals surface area contributed by atoms with Gasteiger partial charge in [0, 0.05) is 23.9 Å². The Balaban J connectivity index is 1.84. The Morgan fingerprint density at radius 1 is 1.16 bits per heavy atom. The fourth-order valence-corrected chi connectivity index (χ4v) is 2.65. The second-order valence-corrected chi connectivity index (χ2v) is 5.41. The van der Waals surface area contributed by atoms with Crippen LogP contribution in [0.5, 0.6) is 11.5 Å². The number of carbonyl (C=O) groups is 1. The SMILES string of the molecule is COc1cc(NC(=O)Cn2c(CO)nc3ccccc32)cc(OC)c1. The molecule has 2 N–H and O–H groups in total. The first-order chi connectivity index (χ1) is 12.1. The highest BCUT2D eigenvalue weighted by Crippen LogP contribution is 2.26. The van der Waals surface area contributed by atoms with Crippen molar-refractivity contribution in [2.75, 3.05) is 19.5 Å². The number of rotatable bonds is 6. The highest BCUT2D eigenvalue weighted by Gasteiger charge is 2.13. The van der Waals surface area contributed by atoms with Crippen molar-refractivity contribution in [1.82, 2.24) is 9.55 Å². The molecule has 3 aromatic rings. The number of nitrogens with one attached hydrogen (secondary N) is 1. The Morgan fingerprint density at radius 3 is 2.48 bits per heavy atom. The summed E-state index contributed by atoms with van der Waals surface area (Å²) < 4.78 is 12.1.